The Hall–Kier alpha value is -0.660. The van der Waals surface area contributed by atoms with E-state index >= 15 is 0 Å². The van der Waals surface area contributed by atoms with Crippen LogP contribution in [-0.2, 0) is 0 Å². The van der Waals surface area contributed by atoms with Crippen LogP contribution in [0.3, 0.4) is 0 Å². The van der Waals surface area contributed by atoms with E-state index in [1.54, 1.807) is 0 Å². The maximum Gasteiger partial charge on any atom is 0.266 e. The van der Waals surface area contributed by atoms with Gasteiger partial charge in [-0.15, -0.1) is 6.58 Å². The average molecular weight is 200 g/mol. The molecule has 0 atom stereocenters. The van der Waals surface area contributed by atoms with Crippen LogP contribution in [0.1, 0.15) is 38.5 Å². The summed E-state index contributed by atoms with van der Waals surface area (Å²) >= 11 is 0. The molecule has 0 bridgehead atoms. The van der Waals surface area contributed by atoms with Crippen molar-refractivity contribution in [1.82, 2.24) is 0 Å². The van der Waals surface area contributed by atoms with E-state index in [0.29, 0.717) is 0 Å². The van der Waals surface area contributed by atoms with E-state index < -0.39 is 6.08 Å². The van der Waals surface area contributed by atoms with E-state index in [0.717, 1.165) is 44.1 Å². The second-order valence-corrected chi connectivity index (χ2v) is 4.10. The molecule has 0 N–H and O–H groups in total. The second-order valence-electron chi connectivity index (χ2n) is 4.10. The Labute approximate surface area is 84.7 Å². The summed E-state index contributed by atoms with van der Waals surface area (Å²) in [5, 5.41) is 0. The van der Waals surface area contributed by atoms with Gasteiger partial charge in [-0.2, -0.15) is 8.78 Å². The van der Waals surface area contributed by atoms with Gasteiger partial charge in [-0.1, -0.05) is 6.08 Å². The Morgan fingerprint density at radius 3 is 2.36 bits per heavy atom. The molecule has 0 nitrogen and oxygen atoms in total. The summed E-state index contributed by atoms with van der Waals surface area (Å²) in [6.45, 7) is 3.69. The smallest absolute Gasteiger partial charge is 0.174 e. The first-order valence-corrected chi connectivity index (χ1v) is 5.36. The van der Waals surface area contributed by atoms with Crippen molar-refractivity contribution in [1.29, 1.82) is 0 Å². The Balaban J connectivity index is 2.24. The molecular weight excluding hydrogens is 182 g/mol. The number of rotatable bonds is 4. The van der Waals surface area contributed by atoms with Crippen molar-refractivity contribution < 1.29 is 8.78 Å². The second kappa shape index (κ2) is 5.94. The average Bonchev–Trinajstić information content (AvgIpc) is 2.16. The van der Waals surface area contributed by atoms with E-state index in [9.17, 15) is 8.78 Å². The van der Waals surface area contributed by atoms with Gasteiger partial charge in [0.15, 0.2) is 0 Å². The molecule has 0 heterocycles. The number of hydrogen-bond donors (Lipinski definition) is 0. The number of hydrogen-bond acceptors (Lipinski definition) is 0. The van der Waals surface area contributed by atoms with Gasteiger partial charge in [-0.05, 0) is 56.4 Å². The quantitative estimate of drug-likeness (QED) is 0.584. The summed E-state index contributed by atoms with van der Waals surface area (Å²) in [6, 6.07) is 0. The van der Waals surface area contributed by atoms with Crippen molar-refractivity contribution in [2.75, 3.05) is 0 Å². The Morgan fingerprint density at radius 1 is 1.21 bits per heavy atom. The largest absolute Gasteiger partial charge is 0.266 e. The SMILES string of the molecule is C=CCCC1CCC(C=C(F)F)CC1. The van der Waals surface area contributed by atoms with Gasteiger partial charge in [-0.25, -0.2) is 0 Å². The molecule has 0 radical (unpaired) electrons. The van der Waals surface area contributed by atoms with Crippen molar-refractivity contribution in [3.05, 3.63) is 24.8 Å². The molecule has 14 heavy (non-hydrogen) atoms. The highest BCUT2D eigenvalue weighted by Crippen LogP contribution is 2.32. The zero-order chi connectivity index (χ0) is 10.4. The monoisotopic (exact) mass is 200 g/mol. The lowest BCUT2D eigenvalue weighted by Gasteiger charge is -2.26. The molecule has 0 unspecified atom stereocenters. The van der Waals surface area contributed by atoms with Crippen LogP contribution in [0.5, 0.6) is 0 Å². The van der Waals surface area contributed by atoms with Crippen LogP contribution in [0.2, 0.25) is 0 Å². The Bertz CT molecular complexity index is 196. The van der Waals surface area contributed by atoms with Gasteiger partial charge in [0.2, 0.25) is 0 Å². The summed E-state index contributed by atoms with van der Waals surface area (Å²) in [6.07, 6.45) is 7.85. The van der Waals surface area contributed by atoms with Crippen LogP contribution >= 0.6 is 0 Å². The zero-order valence-corrected chi connectivity index (χ0v) is 8.52. The van der Waals surface area contributed by atoms with Crippen molar-refractivity contribution in [2.45, 2.75) is 38.5 Å². The van der Waals surface area contributed by atoms with Crippen LogP contribution in [0.25, 0.3) is 0 Å². The van der Waals surface area contributed by atoms with E-state index in [1.165, 1.54) is 6.42 Å². The van der Waals surface area contributed by atoms with Crippen LogP contribution in [0.15, 0.2) is 24.8 Å². The number of halogens is 2. The first-order valence-electron chi connectivity index (χ1n) is 5.36. The van der Waals surface area contributed by atoms with Gasteiger partial charge in [0.1, 0.15) is 0 Å². The van der Waals surface area contributed by atoms with E-state index in [4.69, 9.17) is 0 Å². The maximum absolute atomic E-state index is 12.0. The molecule has 0 aromatic heterocycles. The lowest BCUT2D eigenvalue weighted by molar-refractivity contribution is 0.289. The molecule has 1 rings (SSSR count). The summed E-state index contributed by atoms with van der Waals surface area (Å²) in [7, 11) is 0. The molecule has 1 fully saturated rings. The minimum Gasteiger partial charge on any atom is -0.174 e. The minimum absolute atomic E-state index is 0.125. The van der Waals surface area contributed by atoms with Gasteiger partial charge in [-0.3, -0.25) is 0 Å². The highest BCUT2D eigenvalue weighted by Gasteiger charge is 2.19. The number of allylic oxidation sites excluding steroid dienone is 2. The first-order chi connectivity index (χ1) is 6.72. The fraction of sp³-hybridized carbons (Fsp3) is 0.667. The van der Waals surface area contributed by atoms with E-state index in [2.05, 4.69) is 6.58 Å². The van der Waals surface area contributed by atoms with Gasteiger partial charge < -0.3 is 0 Å². The highest BCUT2D eigenvalue weighted by molar-refractivity contribution is 4.90. The lowest BCUT2D eigenvalue weighted by atomic mass is 9.80. The first kappa shape index (κ1) is 11.4. The minimum atomic E-state index is -1.51. The van der Waals surface area contributed by atoms with Crippen LogP contribution in [-0.4, -0.2) is 0 Å². The van der Waals surface area contributed by atoms with Crippen molar-refractivity contribution in [2.24, 2.45) is 11.8 Å². The van der Waals surface area contributed by atoms with Gasteiger partial charge in [0.05, 0.1) is 0 Å². The molecule has 0 aliphatic heterocycles. The standard InChI is InChI=1S/C12H18F2/c1-2-3-4-10-5-7-11(8-6-10)9-12(13)14/h2,9-11H,1,3-8H2. The lowest BCUT2D eigenvalue weighted by Crippen LogP contribution is -2.12. The molecule has 0 aromatic rings. The molecule has 80 valence electrons. The van der Waals surface area contributed by atoms with Crippen LogP contribution in [0.4, 0.5) is 8.78 Å². The molecule has 1 aliphatic carbocycles. The normalized spacial score (nSPS) is 27.0. The summed E-state index contributed by atoms with van der Waals surface area (Å²) in [4.78, 5) is 0. The molecular formula is C12H18F2. The van der Waals surface area contributed by atoms with Crippen LogP contribution < -0.4 is 0 Å². The zero-order valence-electron chi connectivity index (χ0n) is 8.52. The fourth-order valence-electron chi connectivity index (χ4n) is 2.18. The molecule has 0 aromatic carbocycles. The summed E-state index contributed by atoms with van der Waals surface area (Å²) < 4.78 is 23.9. The van der Waals surface area contributed by atoms with E-state index in [1.807, 2.05) is 6.08 Å². The van der Waals surface area contributed by atoms with Crippen LogP contribution in [0, 0.1) is 11.8 Å². The van der Waals surface area contributed by atoms with Gasteiger partial charge in [0, 0.05) is 0 Å². The molecule has 1 aliphatic rings. The van der Waals surface area contributed by atoms with Gasteiger partial charge >= 0.3 is 0 Å². The Morgan fingerprint density at radius 2 is 1.86 bits per heavy atom. The summed E-state index contributed by atoms with van der Waals surface area (Å²) in [5.41, 5.74) is 0. The molecule has 0 saturated heterocycles. The third-order valence-corrected chi connectivity index (χ3v) is 3.03. The highest BCUT2D eigenvalue weighted by atomic mass is 19.3. The fourth-order valence-corrected chi connectivity index (χ4v) is 2.18. The molecule has 1 saturated carbocycles. The molecule has 2 heteroatoms. The van der Waals surface area contributed by atoms with Gasteiger partial charge in [0.25, 0.3) is 6.08 Å². The Kier molecular flexibility index (Phi) is 4.85. The summed E-state index contributed by atoms with van der Waals surface area (Å²) in [5.74, 6) is 0.861. The van der Waals surface area contributed by atoms with Crippen molar-refractivity contribution in [3.63, 3.8) is 0 Å². The third kappa shape index (κ3) is 4.03. The maximum atomic E-state index is 12.0. The third-order valence-electron chi connectivity index (χ3n) is 3.03. The van der Waals surface area contributed by atoms with E-state index in [-0.39, 0.29) is 5.92 Å². The molecule has 0 amide bonds. The van der Waals surface area contributed by atoms with Crippen molar-refractivity contribution >= 4 is 0 Å². The topological polar surface area (TPSA) is 0 Å². The predicted octanol–water partition coefficient (Wildman–Crippen LogP) is 4.54. The van der Waals surface area contributed by atoms with Crippen molar-refractivity contribution in [3.8, 4) is 0 Å². The molecule has 0 spiro atoms. The predicted molar refractivity (Wildman–Crippen MR) is 55.2 cm³/mol.